The molecule has 0 saturated carbocycles. The number of ether oxygens (including phenoxy) is 4. The first kappa shape index (κ1) is 24.1. The maximum atomic E-state index is 12.1. The van der Waals surface area contributed by atoms with Gasteiger partial charge in [-0.25, -0.2) is 0 Å². The van der Waals surface area contributed by atoms with Gasteiger partial charge in [0.15, 0.2) is 11.5 Å². The Morgan fingerprint density at radius 2 is 1.59 bits per heavy atom. The average Bonchev–Trinajstić information content (AvgIpc) is 2.67. The van der Waals surface area contributed by atoms with Crippen LogP contribution in [0.5, 0.6) is 11.5 Å². The molecule has 0 amide bonds. The van der Waals surface area contributed by atoms with Crippen LogP contribution in [0.1, 0.15) is 46.1 Å². The third-order valence-corrected chi connectivity index (χ3v) is 3.62. The van der Waals surface area contributed by atoms with Gasteiger partial charge in [0.25, 0.3) is 0 Å². The van der Waals surface area contributed by atoms with Crippen LogP contribution in [0.25, 0.3) is 0 Å². The summed E-state index contributed by atoms with van der Waals surface area (Å²) in [5, 5.41) is 0. The summed E-state index contributed by atoms with van der Waals surface area (Å²) in [4.78, 5) is 46.1. The molecule has 0 aromatic heterocycles. The molecule has 1 aromatic carbocycles. The predicted octanol–water partition coefficient (Wildman–Crippen LogP) is 1.68. The van der Waals surface area contributed by atoms with E-state index in [4.69, 9.17) is 24.7 Å². The Morgan fingerprint density at radius 1 is 1.00 bits per heavy atom. The van der Waals surface area contributed by atoms with E-state index in [0.29, 0.717) is 5.56 Å². The lowest BCUT2D eigenvalue weighted by atomic mass is 10.1. The van der Waals surface area contributed by atoms with Gasteiger partial charge in [0.1, 0.15) is 18.8 Å². The van der Waals surface area contributed by atoms with Gasteiger partial charge >= 0.3 is 23.9 Å². The molecule has 0 heterocycles. The summed E-state index contributed by atoms with van der Waals surface area (Å²) in [6.45, 7) is 6.00. The zero-order chi connectivity index (χ0) is 22.0. The number of hydrogen-bond donors (Lipinski definition) is 1. The number of esters is 4. The van der Waals surface area contributed by atoms with Crippen molar-refractivity contribution in [2.24, 2.45) is 5.73 Å². The summed E-state index contributed by atoms with van der Waals surface area (Å²) in [6.07, 6.45) is -0.195. The highest BCUT2D eigenvalue weighted by Gasteiger charge is 2.20. The lowest BCUT2D eigenvalue weighted by Crippen LogP contribution is -2.36. The van der Waals surface area contributed by atoms with Gasteiger partial charge in [-0.1, -0.05) is 19.9 Å². The minimum atomic E-state index is -0.988. The van der Waals surface area contributed by atoms with Gasteiger partial charge in [-0.3, -0.25) is 19.2 Å². The highest BCUT2D eigenvalue weighted by atomic mass is 16.6. The van der Waals surface area contributed by atoms with E-state index in [-0.39, 0.29) is 37.4 Å². The maximum Gasteiger partial charge on any atom is 0.323 e. The fourth-order valence-electron chi connectivity index (χ4n) is 2.19. The maximum absolute atomic E-state index is 12.1. The number of nitrogens with two attached hydrogens (primary N) is 1. The van der Waals surface area contributed by atoms with Crippen molar-refractivity contribution < 1.29 is 38.1 Å². The molecule has 0 aliphatic heterocycles. The van der Waals surface area contributed by atoms with E-state index in [1.54, 1.807) is 26.8 Å². The normalized spacial score (nSPS) is 12.4. The van der Waals surface area contributed by atoms with Crippen LogP contribution in [-0.2, 0) is 35.1 Å². The van der Waals surface area contributed by atoms with Crippen LogP contribution in [0.3, 0.4) is 0 Å². The Balaban J connectivity index is 2.82. The van der Waals surface area contributed by atoms with Crippen molar-refractivity contribution in [1.29, 1.82) is 0 Å². The smallest absolute Gasteiger partial charge is 0.323 e. The Hall–Kier alpha value is -2.94. The number of hydrogen-bond acceptors (Lipinski definition) is 9. The second-order valence-electron chi connectivity index (χ2n) is 6.30. The van der Waals surface area contributed by atoms with Gasteiger partial charge in [0.05, 0.1) is 0 Å². The van der Waals surface area contributed by atoms with E-state index in [2.05, 4.69) is 0 Å². The predicted molar refractivity (Wildman–Crippen MR) is 102 cm³/mol. The van der Waals surface area contributed by atoms with Crippen molar-refractivity contribution >= 4 is 23.9 Å². The summed E-state index contributed by atoms with van der Waals surface area (Å²) in [6, 6.07) is 3.58. The lowest BCUT2D eigenvalue weighted by molar-refractivity contribution is -0.157. The highest BCUT2D eigenvalue weighted by Crippen LogP contribution is 2.29. The highest BCUT2D eigenvalue weighted by molar-refractivity contribution is 5.77. The Kier molecular flexibility index (Phi) is 9.81. The monoisotopic (exact) mass is 409 g/mol. The standard InChI is InChI=1S/C20H27NO8/c1-5-18(23)28-16-8-7-14(10-17(16)29-19(24)6-2)9-15(21)20(25)26-11-12(3)27-13(4)22/h7-8,10,12,15H,5-6,9,11,21H2,1-4H3/t12-,15-/m0/s1. The fraction of sp³-hybridized carbons (Fsp3) is 0.500. The van der Waals surface area contributed by atoms with E-state index >= 15 is 0 Å². The van der Waals surface area contributed by atoms with E-state index in [9.17, 15) is 19.2 Å². The first-order valence-corrected chi connectivity index (χ1v) is 9.29. The Morgan fingerprint density at radius 3 is 2.14 bits per heavy atom. The Bertz CT molecular complexity index is 746. The largest absolute Gasteiger partial charge is 0.461 e. The summed E-state index contributed by atoms with van der Waals surface area (Å²) in [5.74, 6) is -1.95. The van der Waals surface area contributed by atoms with Crippen LogP contribution in [0.15, 0.2) is 18.2 Å². The van der Waals surface area contributed by atoms with E-state index in [0.717, 1.165) is 0 Å². The molecule has 9 heteroatoms. The van der Waals surface area contributed by atoms with Crippen LogP contribution in [0.2, 0.25) is 0 Å². The van der Waals surface area contributed by atoms with Gasteiger partial charge < -0.3 is 24.7 Å². The first-order chi connectivity index (χ1) is 13.7. The molecule has 29 heavy (non-hydrogen) atoms. The van der Waals surface area contributed by atoms with Gasteiger partial charge in [-0.2, -0.15) is 0 Å². The molecule has 1 aromatic rings. The summed E-state index contributed by atoms with van der Waals surface area (Å²) in [7, 11) is 0. The third kappa shape index (κ3) is 8.73. The molecule has 1 rings (SSSR count). The molecule has 2 N–H and O–H groups in total. The van der Waals surface area contributed by atoms with E-state index in [1.165, 1.54) is 19.1 Å². The quantitative estimate of drug-likeness (QED) is 0.453. The van der Waals surface area contributed by atoms with E-state index in [1.807, 2.05) is 0 Å². The topological polar surface area (TPSA) is 131 Å². The number of rotatable bonds is 10. The van der Waals surface area contributed by atoms with Crippen molar-refractivity contribution in [1.82, 2.24) is 0 Å². The molecule has 2 atom stereocenters. The van der Waals surface area contributed by atoms with Crippen LogP contribution in [0, 0.1) is 0 Å². The molecule has 0 bridgehead atoms. The summed E-state index contributed by atoms with van der Waals surface area (Å²) >= 11 is 0. The molecule has 0 aliphatic rings. The van der Waals surface area contributed by atoms with Gasteiger partial charge in [0, 0.05) is 19.8 Å². The van der Waals surface area contributed by atoms with Crippen molar-refractivity contribution in [2.75, 3.05) is 6.61 Å². The first-order valence-electron chi connectivity index (χ1n) is 9.29. The average molecular weight is 409 g/mol. The molecule has 0 aliphatic carbocycles. The van der Waals surface area contributed by atoms with Crippen LogP contribution in [0.4, 0.5) is 0 Å². The number of carbonyl (C=O) groups excluding carboxylic acids is 4. The lowest BCUT2D eigenvalue weighted by Gasteiger charge is -2.16. The minimum absolute atomic E-state index is 0.0696. The third-order valence-electron chi connectivity index (χ3n) is 3.62. The van der Waals surface area contributed by atoms with Crippen molar-refractivity contribution in [3.63, 3.8) is 0 Å². The minimum Gasteiger partial charge on any atom is -0.461 e. The Labute approximate surface area is 169 Å². The van der Waals surface area contributed by atoms with Crippen LogP contribution < -0.4 is 15.2 Å². The zero-order valence-corrected chi connectivity index (χ0v) is 17.1. The van der Waals surface area contributed by atoms with Crippen molar-refractivity contribution in [3.05, 3.63) is 23.8 Å². The molecule has 160 valence electrons. The molecule has 0 unspecified atom stereocenters. The van der Waals surface area contributed by atoms with Crippen molar-refractivity contribution in [3.8, 4) is 11.5 Å². The molecule has 9 nitrogen and oxygen atoms in total. The molecule has 0 saturated heterocycles. The molecular formula is C20H27NO8. The van der Waals surface area contributed by atoms with E-state index < -0.39 is 36.0 Å². The molecular weight excluding hydrogens is 382 g/mol. The molecule has 0 spiro atoms. The van der Waals surface area contributed by atoms with Crippen LogP contribution >= 0.6 is 0 Å². The zero-order valence-electron chi connectivity index (χ0n) is 17.1. The van der Waals surface area contributed by atoms with Gasteiger partial charge in [-0.15, -0.1) is 0 Å². The second kappa shape index (κ2) is 11.8. The fourth-order valence-corrected chi connectivity index (χ4v) is 2.19. The molecule has 0 fully saturated rings. The van der Waals surface area contributed by atoms with Crippen LogP contribution in [-0.4, -0.2) is 42.6 Å². The summed E-state index contributed by atoms with van der Waals surface area (Å²) in [5.41, 5.74) is 6.46. The number of benzene rings is 1. The SMILES string of the molecule is CCC(=O)Oc1ccc(C[C@H](N)C(=O)OC[C@H](C)OC(C)=O)cc1OC(=O)CC. The molecule has 0 radical (unpaired) electrons. The van der Waals surface area contributed by atoms with Gasteiger partial charge in [-0.05, 0) is 31.0 Å². The van der Waals surface area contributed by atoms with Crippen molar-refractivity contribution in [2.45, 2.75) is 59.1 Å². The number of carbonyl (C=O) groups is 4. The van der Waals surface area contributed by atoms with Gasteiger partial charge in [0.2, 0.25) is 0 Å². The second-order valence-corrected chi connectivity index (χ2v) is 6.30. The summed E-state index contributed by atoms with van der Waals surface area (Å²) < 4.78 is 20.3.